The molecule has 0 bridgehead atoms. The normalized spacial score (nSPS) is 18.7. The molecule has 1 saturated heterocycles. The standard InChI is InChI=1S/C40H42N6O4/c1-39(16-19-45(20-17-39)36(48)27-9-4-3-5-10-27)38(50)46(25-30-12-7-6-11-29(30)24-41-2)26-34(47)43-32-15-14-28-22-40(23-31(28)21-32)33-13-8-18-42-35(33)44-37(40)49/h3-15,18,21,41H,16-17,19-20,22-26H2,1-2H3,(H,43,47)(H,42,44,49). The molecule has 3 aromatic carbocycles. The van der Waals surface area contributed by atoms with Crippen LogP contribution >= 0.6 is 0 Å². The summed E-state index contributed by atoms with van der Waals surface area (Å²) in [6.45, 7) is 3.66. The highest BCUT2D eigenvalue weighted by atomic mass is 16.2. The van der Waals surface area contributed by atoms with Crippen LogP contribution in [0.4, 0.5) is 11.5 Å². The van der Waals surface area contributed by atoms with E-state index >= 15 is 0 Å². The van der Waals surface area contributed by atoms with Crippen molar-refractivity contribution in [3.63, 3.8) is 0 Å². The van der Waals surface area contributed by atoms with Crippen LogP contribution in [-0.4, -0.2) is 65.1 Å². The number of fused-ring (bicyclic) bond motifs is 3. The first kappa shape index (κ1) is 33.2. The highest BCUT2D eigenvalue weighted by molar-refractivity contribution is 6.06. The molecule has 10 heteroatoms. The van der Waals surface area contributed by atoms with E-state index in [4.69, 9.17) is 0 Å². The second-order valence-corrected chi connectivity index (χ2v) is 14.0. The number of hydrogen-bond donors (Lipinski definition) is 3. The van der Waals surface area contributed by atoms with Gasteiger partial charge in [0.05, 0.1) is 5.41 Å². The van der Waals surface area contributed by atoms with Crippen LogP contribution in [-0.2, 0) is 45.7 Å². The van der Waals surface area contributed by atoms with Gasteiger partial charge >= 0.3 is 0 Å². The van der Waals surface area contributed by atoms with Gasteiger partial charge in [0.2, 0.25) is 17.7 Å². The van der Waals surface area contributed by atoms with E-state index in [1.165, 1.54) is 0 Å². The first-order valence-corrected chi connectivity index (χ1v) is 17.2. The monoisotopic (exact) mass is 670 g/mol. The molecule has 2 aliphatic heterocycles. The van der Waals surface area contributed by atoms with Crippen molar-refractivity contribution in [3.8, 4) is 0 Å². The minimum atomic E-state index is -0.736. The summed E-state index contributed by atoms with van der Waals surface area (Å²) < 4.78 is 0. The van der Waals surface area contributed by atoms with Crippen molar-refractivity contribution in [2.45, 2.75) is 51.1 Å². The number of nitrogens with one attached hydrogen (secondary N) is 3. The van der Waals surface area contributed by atoms with Crippen LogP contribution in [0.3, 0.4) is 0 Å². The summed E-state index contributed by atoms with van der Waals surface area (Å²) in [4.78, 5) is 62.3. The number of piperidine rings is 1. The van der Waals surface area contributed by atoms with Crippen LogP contribution < -0.4 is 16.0 Å². The summed E-state index contributed by atoms with van der Waals surface area (Å²) >= 11 is 0. The number of likely N-dealkylation sites (tertiary alicyclic amines) is 1. The molecular weight excluding hydrogens is 628 g/mol. The fourth-order valence-electron chi connectivity index (χ4n) is 7.76. The molecule has 1 unspecified atom stereocenters. The molecule has 1 aliphatic carbocycles. The van der Waals surface area contributed by atoms with Gasteiger partial charge in [-0.2, -0.15) is 0 Å². The summed E-state index contributed by atoms with van der Waals surface area (Å²) in [5, 5.41) is 9.18. The van der Waals surface area contributed by atoms with Crippen LogP contribution in [0.25, 0.3) is 0 Å². The average Bonchev–Trinajstić information content (AvgIpc) is 3.65. The largest absolute Gasteiger partial charge is 0.339 e. The minimum absolute atomic E-state index is 0.0352. The predicted molar refractivity (Wildman–Crippen MR) is 191 cm³/mol. The van der Waals surface area contributed by atoms with Gasteiger partial charge in [-0.25, -0.2) is 4.98 Å². The van der Waals surface area contributed by atoms with Crippen molar-refractivity contribution in [1.82, 2.24) is 20.1 Å². The number of benzene rings is 3. The minimum Gasteiger partial charge on any atom is -0.339 e. The molecule has 0 radical (unpaired) electrons. The number of carbonyl (C=O) groups is 4. The molecule has 7 rings (SSSR count). The lowest BCUT2D eigenvalue weighted by molar-refractivity contribution is -0.146. The van der Waals surface area contributed by atoms with Gasteiger partial charge in [-0.3, -0.25) is 19.2 Å². The van der Waals surface area contributed by atoms with Crippen LogP contribution in [0, 0.1) is 5.41 Å². The Bertz CT molecular complexity index is 1950. The van der Waals surface area contributed by atoms with Gasteiger partial charge in [0, 0.05) is 54.6 Å². The Morgan fingerprint density at radius 1 is 0.900 bits per heavy atom. The number of rotatable bonds is 9. The van der Waals surface area contributed by atoms with Gasteiger partial charge in [-0.1, -0.05) is 61.5 Å². The maximum absolute atomic E-state index is 14.4. The Balaban J connectivity index is 1.08. The van der Waals surface area contributed by atoms with Gasteiger partial charge in [-0.05, 0) is 85.3 Å². The van der Waals surface area contributed by atoms with Crippen molar-refractivity contribution in [2.75, 3.05) is 37.3 Å². The summed E-state index contributed by atoms with van der Waals surface area (Å²) in [7, 11) is 1.88. The van der Waals surface area contributed by atoms with E-state index in [9.17, 15) is 19.2 Å². The Hall–Kier alpha value is -5.35. The predicted octanol–water partition coefficient (Wildman–Crippen LogP) is 4.70. The maximum atomic E-state index is 14.4. The number of anilines is 2. The molecule has 50 heavy (non-hydrogen) atoms. The molecule has 10 nitrogen and oxygen atoms in total. The van der Waals surface area contributed by atoms with Crippen LogP contribution in [0.2, 0.25) is 0 Å². The second-order valence-electron chi connectivity index (χ2n) is 14.0. The molecule has 1 spiro atoms. The molecule has 4 amide bonds. The quantitative estimate of drug-likeness (QED) is 0.237. The van der Waals surface area contributed by atoms with Crippen molar-refractivity contribution < 1.29 is 19.2 Å². The summed E-state index contributed by atoms with van der Waals surface area (Å²) in [6, 6.07) is 26.7. The lowest BCUT2D eigenvalue weighted by atomic mass is 9.78. The third-order valence-corrected chi connectivity index (χ3v) is 10.6. The zero-order valence-electron chi connectivity index (χ0n) is 28.5. The van der Waals surface area contributed by atoms with Gasteiger partial charge in [0.15, 0.2) is 0 Å². The zero-order valence-corrected chi connectivity index (χ0v) is 28.5. The molecule has 1 aromatic heterocycles. The Kier molecular flexibility index (Phi) is 8.96. The molecular formula is C40H42N6O4. The van der Waals surface area contributed by atoms with Crippen molar-refractivity contribution in [1.29, 1.82) is 0 Å². The number of carbonyl (C=O) groups excluding carboxylic acids is 4. The van der Waals surface area contributed by atoms with Crippen LogP contribution in [0.5, 0.6) is 0 Å². The highest BCUT2D eigenvalue weighted by Gasteiger charge is 2.51. The summed E-state index contributed by atoms with van der Waals surface area (Å²) in [6.07, 6.45) is 3.77. The van der Waals surface area contributed by atoms with Crippen molar-refractivity contribution in [2.24, 2.45) is 5.41 Å². The second kappa shape index (κ2) is 13.5. The van der Waals surface area contributed by atoms with E-state index in [1.54, 1.807) is 11.1 Å². The van der Waals surface area contributed by atoms with Gasteiger partial charge in [0.25, 0.3) is 5.91 Å². The first-order chi connectivity index (χ1) is 24.2. The molecule has 4 aromatic rings. The van der Waals surface area contributed by atoms with Crippen LogP contribution in [0.15, 0.2) is 91.1 Å². The smallest absolute Gasteiger partial charge is 0.253 e. The Labute approximate surface area is 292 Å². The molecule has 256 valence electrons. The summed E-state index contributed by atoms with van der Waals surface area (Å²) in [5.74, 6) is 0.123. The molecule has 0 saturated carbocycles. The molecule has 1 atom stereocenters. The van der Waals surface area contributed by atoms with E-state index in [0.29, 0.717) is 62.4 Å². The van der Waals surface area contributed by atoms with E-state index in [1.807, 2.05) is 104 Å². The van der Waals surface area contributed by atoms with E-state index in [-0.39, 0.29) is 36.7 Å². The molecule has 3 aliphatic rings. The molecule has 3 heterocycles. The zero-order chi connectivity index (χ0) is 34.9. The molecule has 3 N–H and O–H groups in total. The number of pyridine rings is 1. The lowest BCUT2D eigenvalue weighted by Crippen LogP contribution is -2.51. The number of aromatic nitrogens is 1. The highest BCUT2D eigenvalue weighted by Crippen LogP contribution is 2.47. The van der Waals surface area contributed by atoms with Crippen molar-refractivity contribution >= 4 is 35.1 Å². The van der Waals surface area contributed by atoms with E-state index < -0.39 is 10.8 Å². The van der Waals surface area contributed by atoms with E-state index in [0.717, 1.165) is 27.8 Å². The number of nitrogens with zero attached hydrogens (tertiary/aromatic N) is 3. The third kappa shape index (κ3) is 6.27. The van der Waals surface area contributed by atoms with Crippen molar-refractivity contribution in [3.05, 3.63) is 125 Å². The fourth-order valence-corrected chi connectivity index (χ4v) is 7.76. The fraction of sp³-hybridized carbons (Fsp3) is 0.325. The Morgan fingerprint density at radius 3 is 2.38 bits per heavy atom. The topological polar surface area (TPSA) is 124 Å². The average molecular weight is 671 g/mol. The lowest BCUT2D eigenvalue weighted by Gasteiger charge is -2.41. The van der Waals surface area contributed by atoms with Crippen LogP contribution in [0.1, 0.15) is 57.9 Å². The van der Waals surface area contributed by atoms with Gasteiger partial charge in [0.1, 0.15) is 12.4 Å². The number of hydrogen-bond acceptors (Lipinski definition) is 6. The summed E-state index contributed by atoms with van der Waals surface area (Å²) in [5.41, 5.74) is 4.83. The SMILES string of the molecule is CNCc1ccccc1CN(CC(=O)Nc1ccc2c(c1)CC1(C2)C(=O)Nc2ncccc21)C(=O)C1(C)CCN(C(=O)c2ccccc2)CC1. The van der Waals surface area contributed by atoms with E-state index in [2.05, 4.69) is 20.9 Å². The first-order valence-electron chi connectivity index (χ1n) is 17.2. The van der Waals surface area contributed by atoms with Gasteiger partial charge < -0.3 is 25.8 Å². The number of amides is 4. The third-order valence-electron chi connectivity index (χ3n) is 10.6. The van der Waals surface area contributed by atoms with Gasteiger partial charge in [-0.15, -0.1) is 0 Å². The molecule has 1 fully saturated rings. The maximum Gasteiger partial charge on any atom is 0.253 e. The Morgan fingerprint density at radius 2 is 1.62 bits per heavy atom.